The fourth-order valence-corrected chi connectivity index (χ4v) is 1.30. The van der Waals surface area contributed by atoms with Crippen LogP contribution in [0.15, 0.2) is 0 Å². The van der Waals surface area contributed by atoms with Crippen LogP contribution < -0.4 is 0 Å². The predicted molar refractivity (Wildman–Crippen MR) is 33.6 cm³/mol. The van der Waals surface area contributed by atoms with Crippen molar-refractivity contribution in [2.75, 3.05) is 0 Å². The third-order valence-corrected chi connectivity index (χ3v) is 2.17. The SMILES string of the molecule is CCC1(C#N)CC(O)C1. The monoisotopic (exact) mass is 125 g/mol. The van der Waals surface area contributed by atoms with E-state index >= 15 is 0 Å². The molecule has 0 heterocycles. The second kappa shape index (κ2) is 2.00. The Morgan fingerprint density at radius 3 is 2.44 bits per heavy atom. The van der Waals surface area contributed by atoms with Gasteiger partial charge in [-0.25, -0.2) is 0 Å². The average Bonchev–Trinajstić information content (AvgIpc) is 1.81. The van der Waals surface area contributed by atoms with Crippen molar-refractivity contribution in [3.05, 3.63) is 0 Å². The van der Waals surface area contributed by atoms with Gasteiger partial charge < -0.3 is 5.11 Å². The molecule has 0 amide bonds. The fraction of sp³-hybridized carbons (Fsp3) is 0.857. The van der Waals surface area contributed by atoms with E-state index in [0.29, 0.717) is 12.8 Å². The molecule has 1 saturated carbocycles. The van der Waals surface area contributed by atoms with Crippen LogP contribution in [-0.4, -0.2) is 11.2 Å². The topological polar surface area (TPSA) is 44.0 Å². The highest BCUT2D eigenvalue weighted by molar-refractivity contribution is 5.07. The third-order valence-electron chi connectivity index (χ3n) is 2.17. The van der Waals surface area contributed by atoms with Crippen LogP contribution in [0.3, 0.4) is 0 Å². The molecule has 0 aromatic carbocycles. The number of aliphatic hydroxyl groups excluding tert-OH is 1. The summed E-state index contributed by atoms with van der Waals surface area (Å²) in [5, 5.41) is 17.5. The molecule has 2 nitrogen and oxygen atoms in total. The molecule has 0 radical (unpaired) electrons. The molecule has 0 aromatic rings. The second-order valence-corrected chi connectivity index (χ2v) is 2.81. The number of nitrogens with zero attached hydrogens (tertiary/aromatic N) is 1. The van der Waals surface area contributed by atoms with Crippen molar-refractivity contribution in [2.24, 2.45) is 5.41 Å². The average molecular weight is 125 g/mol. The van der Waals surface area contributed by atoms with Crippen LogP contribution in [0.5, 0.6) is 0 Å². The largest absolute Gasteiger partial charge is 0.393 e. The number of hydrogen-bond acceptors (Lipinski definition) is 2. The molecular weight excluding hydrogens is 114 g/mol. The molecule has 0 unspecified atom stereocenters. The standard InChI is InChI=1S/C7H11NO/c1-2-7(5-8)3-6(9)4-7/h6,9H,2-4H2,1H3. The number of rotatable bonds is 1. The molecule has 1 aliphatic rings. The van der Waals surface area contributed by atoms with E-state index in [1.165, 1.54) is 0 Å². The number of aliphatic hydroxyl groups is 1. The molecule has 1 N–H and O–H groups in total. The quantitative estimate of drug-likeness (QED) is 0.569. The van der Waals surface area contributed by atoms with Crippen LogP contribution in [0.25, 0.3) is 0 Å². The van der Waals surface area contributed by atoms with Crippen molar-refractivity contribution in [3.63, 3.8) is 0 Å². The molecule has 0 bridgehead atoms. The zero-order valence-corrected chi connectivity index (χ0v) is 5.59. The summed E-state index contributed by atoms with van der Waals surface area (Å²) < 4.78 is 0. The predicted octanol–water partition coefficient (Wildman–Crippen LogP) is 1.06. The molecule has 0 aromatic heterocycles. The first-order valence-electron chi connectivity index (χ1n) is 3.32. The Labute approximate surface area is 55.1 Å². The van der Waals surface area contributed by atoms with Crippen molar-refractivity contribution in [2.45, 2.75) is 32.3 Å². The van der Waals surface area contributed by atoms with Gasteiger partial charge in [-0.3, -0.25) is 0 Å². The van der Waals surface area contributed by atoms with E-state index in [2.05, 4.69) is 6.07 Å². The van der Waals surface area contributed by atoms with Crippen molar-refractivity contribution >= 4 is 0 Å². The van der Waals surface area contributed by atoms with Crippen LogP contribution in [0, 0.1) is 16.7 Å². The second-order valence-electron chi connectivity index (χ2n) is 2.81. The lowest BCUT2D eigenvalue weighted by Gasteiger charge is -2.38. The van der Waals surface area contributed by atoms with Gasteiger partial charge in [0, 0.05) is 0 Å². The smallest absolute Gasteiger partial charge is 0.0691 e. The zero-order chi connectivity index (χ0) is 6.91. The van der Waals surface area contributed by atoms with Crippen LogP contribution in [-0.2, 0) is 0 Å². The van der Waals surface area contributed by atoms with E-state index in [0.717, 1.165) is 6.42 Å². The van der Waals surface area contributed by atoms with Gasteiger partial charge in [-0.05, 0) is 19.3 Å². The Hall–Kier alpha value is -0.550. The van der Waals surface area contributed by atoms with E-state index in [1.54, 1.807) is 0 Å². The molecule has 1 rings (SSSR count). The van der Waals surface area contributed by atoms with Crippen molar-refractivity contribution in [3.8, 4) is 6.07 Å². The molecule has 0 atom stereocenters. The summed E-state index contributed by atoms with van der Waals surface area (Å²) in [5.74, 6) is 0. The Morgan fingerprint density at radius 1 is 1.78 bits per heavy atom. The lowest BCUT2D eigenvalue weighted by molar-refractivity contribution is 0.00115. The lowest BCUT2D eigenvalue weighted by atomic mass is 9.66. The molecule has 0 saturated heterocycles. The number of nitriles is 1. The van der Waals surface area contributed by atoms with Gasteiger partial charge in [0.25, 0.3) is 0 Å². The molecular formula is C7H11NO. The molecule has 50 valence electrons. The van der Waals surface area contributed by atoms with E-state index in [4.69, 9.17) is 10.4 Å². The summed E-state index contributed by atoms with van der Waals surface area (Å²) in [6, 6.07) is 2.24. The molecule has 0 aliphatic heterocycles. The van der Waals surface area contributed by atoms with Gasteiger partial charge in [-0.2, -0.15) is 5.26 Å². The van der Waals surface area contributed by atoms with Crippen LogP contribution in [0.1, 0.15) is 26.2 Å². The van der Waals surface area contributed by atoms with Crippen LogP contribution in [0.4, 0.5) is 0 Å². The Balaban J connectivity index is 2.48. The first-order valence-corrected chi connectivity index (χ1v) is 3.32. The molecule has 1 aliphatic carbocycles. The van der Waals surface area contributed by atoms with Crippen LogP contribution >= 0.6 is 0 Å². The minimum Gasteiger partial charge on any atom is -0.393 e. The molecule has 1 fully saturated rings. The normalized spacial score (nSPS) is 41.2. The first kappa shape index (κ1) is 6.57. The zero-order valence-electron chi connectivity index (χ0n) is 5.59. The van der Waals surface area contributed by atoms with Gasteiger partial charge >= 0.3 is 0 Å². The van der Waals surface area contributed by atoms with Gasteiger partial charge in [-0.1, -0.05) is 6.92 Å². The third kappa shape index (κ3) is 0.927. The molecule has 2 heteroatoms. The van der Waals surface area contributed by atoms with E-state index in [9.17, 15) is 0 Å². The summed E-state index contributed by atoms with van der Waals surface area (Å²) in [4.78, 5) is 0. The van der Waals surface area contributed by atoms with E-state index < -0.39 is 0 Å². The summed E-state index contributed by atoms with van der Waals surface area (Å²) in [7, 11) is 0. The Bertz CT molecular complexity index is 141. The van der Waals surface area contributed by atoms with Gasteiger partial charge in [0.05, 0.1) is 17.6 Å². The van der Waals surface area contributed by atoms with Gasteiger partial charge in [0.15, 0.2) is 0 Å². The minimum atomic E-state index is -0.204. The molecule has 0 spiro atoms. The van der Waals surface area contributed by atoms with Crippen molar-refractivity contribution in [1.29, 1.82) is 5.26 Å². The summed E-state index contributed by atoms with van der Waals surface area (Å²) in [5.41, 5.74) is -0.167. The highest BCUT2D eigenvalue weighted by Gasteiger charge is 2.42. The van der Waals surface area contributed by atoms with Gasteiger partial charge in [0.1, 0.15) is 0 Å². The van der Waals surface area contributed by atoms with Crippen LogP contribution in [0.2, 0.25) is 0 Å². The maximum Gasteiger partial charge on any atom is 0.0691 e. The number of hydrogen-bond donors (Lipinski definition) is 1. The Kier molecular flexibility index (Phi) is 1.46. The van der Waals surface area contributed by atoms with Gasteiger partial charge in [-0.15, -0.1) is 0 Å². The highest BCUT2D eigenvalue weighted by Crippen LogP contribution is 2.42. The van der Waals surface area contributed by atoms with E-state index in [-0.39, 0.29) is 11.5 Å². The lowest BCUT2D eigenvalue weighted by Crippen LogP contribution is -2.38. The maximum absolute atomic E-state index is 8.89. The molecule has 9 heavy (non-hydrogen) atoms. The van der Waals surface area contributed by atoms with Gasteiger partial charge in [0.2, 0.25) is 0 Å². The maximum atomic E-state index is 8.89. The fourth-order valence-electron chi connectivity index (χ4n) is 1.30. The summed E-state index contributed by atoms with van der Waals surface area (Å²) in [6.45, 7) is 2.00. The summed E-state index contributed by atoms with van der Waals surface area (Å²) >= 11 is 0. The van der Waals surface area contributed by atoms with Crippen molar-refractivity contribution < 1.29 is 5.11 Å². The van der Waals surface area contributed by atoms with E-state index in [1.807, 2.05) is 6.92 Å². The summed E-state index contributed by atoms with van der Waals surface area (Å²) in [6.07, 6.45) is 2.03. The minimum absolute atomic E-state index is 0.167. The Morgan fingerprint density at radius 2 is 2.33 bits per heavy atom. The highest BCUT2D eigenvalue weighted by atomic mass is 16.3. The van der Waals surface area contributed by atoms with Crippen molar-refractivity contribution in [1.82, 2.24) is 0 Å². The first-order chi connectivity index (χ1) is 4.22.